The van der Waals surface area contributed by atoms with Crippen LogP contribution >= 0.6 is 11.3 Å². The lowest BCUT2D eigenvalue weighted by molar-refractivity contribution is -0.199. The van der Waals surface area contributed by atoms with Gasteiger partial charge in [0.1, 0.15) is 16.7 Å². The number of thiazole rings is 1. The third-order valence-electron chi connectivity index (χ3n) is 10.5. The number of hydrogen-bond donors (Lipinski definition) is 3. The summed E-state index contributed by atoms with van der Waals surface area (Å²) >= 11 is 1.35. The van der Waals surface area contributed by atoms with E-state index in [1.54, 1.807) is 17.5 Å². The second kappa shape index (κ2) is 13.2. The Kier molecular flexibility index (Phi) is 9.35. The molecule has 6 atom stereocenters. The number of carbonyl (C=O) groups is 3. The highest BCUT2D eigenvalue weighted by atomic mass is 32.1. The molecule has 47 heavy (non-hydrogen) atoms. The van der Waals surface area contributed by atoms with Gasteiger partial charge in [0.05, 0.1) is 17.6 Å². The van der Waals surface area contributed by atoms with Crippen molar-refractivity contribution in [1.82, 2.24) is 20.9 Å². The van der Waals surface area contributed by atoms with Crippen molar-refractivity contribution in [1.29, 1.82) is 0 Å². The Morgan fingerprint density at radius 1 is 1.00 bits per heavy atom. The van der Waals surface area contributed by atoms with Gasteiger partial charge in [-0.2, -0.15) is 0 Å². The second-order valence-electron chi connectivity index (χ2n) is 14.6. The number of nitrogens with zero attached hydrogens (tertiary/aromatic N) is 1. The van der Waals surface area contributed by atoms with Gasteiger partial charge in [-0.05, 0) is 68.4 Å². The predicted molar refractivity (Wildman–Crippen MR) is 184 cm³/mol. The van der Waals surface area contributed by atoms with Crippen LogP contribution < -0.4 is 16.0 Å². The summed E-state index contributed by atoms with van der Waals surface area (Å²) in [5.74, 6) is -0.462. The molecule has 0 unspecified atom stereocenters. The van der Waals surface area contributed by atoms with Crippen molar-refractivity contribution in [3.63, 3.8) is 0 Å². The van der Waals surface area contributed by atoms with Crippen LogP contribution in [0.4, 0.5) is 0 Å². The third-order valence-corrected chi connectivity index (χ3v) is 11.4. The van der Waals surface area contributed by atoms with Crippen LogP contribution in [-0.4, -0.2) is 60.1 Å². The van der Waals surface area contributed by atoms with Gasteiger partial charge in [-0.1, -0.05) is 75.7 Å². The summed E-state index contributed by atoms with van der Waals surface area (Å²) in [6, 6.07) is 15.7. The zero-order valence-corrected chi connectivity index (χ0v) is 28.9. The van der Waals surface area contributed by atoms with Gasteiger partial charge in [-0.15, -0.1) is 11.3 Å². The van der Waals surface area contributed by atoms with E-state index < -0.39 is 36.5 Å². The molecule has 3 saturated carbocycles. The summed E-state index contributed by atoms with van der Waals surface area (Å²) in [6.45, 7) is 12.8. The number of aromatic nitrogens is 1. The van der Waals surface area contributed by atoms with Gasteiger partial charge in [-0.25, -0.2) is 4.98 Å². The van der Waals surface area contributed by atoms with Crippen LogP contribution in [0.1, 0.15) is 80.3 Å². The van der Waals surface area contributed by atoms with E-state index in [-0.39, 0.29) is 35.6 Å². The van der Waals surface area contributed by atoms with Gasteiger partial charge < -0.3 is 25.3 Å². The maximum absolute atomic E-state index is 14.0. The summed E-state index contributed by atoms with van der Waals surface area (Å²) in [5.41, 5.74) is 2.39. The molecule has 3 aliphatic carbocycles. The van der Waals surface area contributed by atoms with Gasteiger partial charge >= 0.3 is 7.12 Å². The van der Waals surface area contributed by atoms with E-state index in [0.29, 0.717) is 28.8 Å². The number of benzene rings is 2. The molecular formula is C36H45BN4O5S. The molecule has 1 aromatic heterocycles. The molecule has 4 aliphatic rings. The SMILES string of the molecule is Cc1ccc(C(=O)NC[C@H](NC(=O)c2csc(-c3ccccc3)n2)C(=O)N[C@@H](CC(C)C)B2O[C@@H]3C[C@H]4C[C@H](C4(C)C)[C@]3(C)O2)cc1. The smallest absolute Gasteiger partial charge is 0.404 e. The molecular weight excluding hydrogens is 611 g/mol. The lowest BCUT2D eigenvalue weighted by atomic mass is 9.43. The Balaban J connectivity index is 1.19. The molecule has 7 rings (SSSR count). The Bertz CT molecular complexity index is 1610. The first-order chi connectivity index (χ1) is 22.3. The van der Waals surface area contributed by atoms with Crippen molar-refractivity contribution < 1.29 is 23.7 Å². The first kappa shape index (κ1) is 33.4. The van der Waals surface area contributed by atoms with Crippen LogP contribution in [0.5, 0.6) is 0 Å². The predicted octanol–water partition coefficient (Wildman–Crippen LogP) is 5.45. The van der Waals surface area contributed by atoms with Crippen molar-refractivity contribution >= 4 is 36.2 Å². The molecule has 2 bridgehead atoms. The van der Waals surface area contributed by atoms with E-state index in [1.807, 2.05) is 49.4 Å². The summed E-state index contributed by atoms with van der Waals surface area (Å²) in [4.78, 5) is 45.1. The Morgan fingerprint density at radius 3 is 2.40 bits per heavy atom. The molecule has 0 radical (unpaired) electrons. The minimum atomic E-state index is -1.07. The summed E-state index contributed by atoms with van der Waals surface area (Å²) in [7, 11) is -0.614. The molecule has 4 fully saturated rings. The fraction of sp³-hybridized carbons (Fsp3) is 0.500. The number of carbonyl (C=O) groups excluding carboxylic acids is 3. The van der Waals surface area contributed by atoms with Gasteiger partial charge in [0.15, 0.2) is 0 Å². The van der Waals surface area contributed by atoms with Crippen LogP contribution in [0.3, 0.4) is 0 Å². The van der Waals surface area contributed by atoms with Crippen LogP contribution in [0.15, 0.2) is 60.0 Å². The number of rotatable bonds is 11. The van der Waals surface area contributed by atoms with Gasteiger partial charge in [0.2, 0.25) is 5.91 Å². The van der Waals surface area contributed by atoms with Crippen LogP contribution in [0, 0.1) is 30.1 Å². The molecule has 1 saturated heterocycles. The van der Waals surface area contributed by atoms with E-state index in [9.17, 15) is 14.4 Å². The molecule has 3 N–H and O–H groups in total. The van der Waals surface area contributed by atoms with Crippen LogP contribution in [0.2, 0.25) is 0 Å². The fourth-order valence-electron chi connectivity index (χ4n) is 7.63. The average molecular weight is 657 g/mol. The molecule has 0 spiro atoms. The van der Waals surface area contributed by atoms with Crippen molar-refractivity contribution in [3.05, 3.63) is 76.8 Å². The maximum Gasteiger partial charge on any atom is 0.481 e. The van der Waals surface area contributed by atoms with E-state index in [2.05, 4.69) is 55.6 Å². The molecule has 2 heterocycles. The Labute approximate surface area is 281 Å². The van der Waals surface area contributed by atoms with Gasteiger partial charge in [-0.3, -0.25) is 14.4 Å². The molecule has 248 valence electrons. The van der Waals surface area contributed by atoms with Gasteiger partial charge in [0, 0.05) is 23.1 Å². The molecule has 3 aromatic rings. The highest BCUT2D eigenvalue weighted by Gasteiger charge is 2.68. The monoisotopic (exact) mass is 656 g/mol. The summed E-state index contributed by atoms with van der Waals surface area (Å²) in [5, 5.41) is 11.2. The van der Waals surface area contributed by atoms with Crippen molar-refractivity contribution in [2.45, 2.75) is 84.5 Å². The average Bonchev–Trinajstić information content (AvgIpc) is 3.68. The quantitative estimate of drug-likeness (QED) is 0.237. The number of hydrogen-bond acceptors (Lipinski definition) is 7. The number of amides is 3. The first-order valence-corrected chi connectivity index (χ1v) is 17.5. The molecule has 3 amide bonds. The minimum absolute atomic E-state index is 0.0244. The molecule has 1 aliphatic heterocycles. The Morgan fingerprint density at radius 2 is 1.72 bits per heavy atom. The second-order valence-corrected chi connectivity index (χ2v) is 15.4. The summed E-state index contributed by atoms with van der Waals surface area (Å²) in [6.07, 6.45) is 2.68. The number of aryl methyl sites for hydroxylation is 1. The van der Waals surface area contributed by atoms with E-state index in [1.165, 1.54) is 11.3 Å². The van der Waals surface area contributed by atoms with Crippen LogP contribution in [-0.2, 0) is 14.1 Å². The highest BCUT2D eigenvalue weighted by Crippen LogP contribution is 2.65. The zero-order chi connectivity index (χ0) is 33.5. The standard InChI is InChI=1S/C36H45BN4O5S/c1-21(2)16-30(37-45-29-18-25-17-28(35(25,4)5)36(29,6)46-37)41-32(43)26(19-38-31(42)23-14-12-22(3)13-15-23)39-33(44)27-20-47-34(40-27)24-10-8-7-9-11-24/h7-15,20-21,25-26,28-30H,16-19H2,1-6H3,(H,38,42)(H,39,44)(H,41,43)/t25-,26+,28-,29-,30+,36+/m1/s1. The first-order valence-electron chi connectivity index (χ1n) is 16.7. The van der Waals surface area contributed by atoms with E-state index in [0.717, 1.165) is 24.0 Å². The number of nitrogens with one attached hydrogen (secondary N) is 3. The lowest BCUT2D eigenvalue weighted by Crippen LogP contribution is -2.65. The van der Waals surface area contributed by atoms with E-state index >= 15 is 0 Å². The molecule has 11 heteroatoms. The summed E-state index contributed by atoms with van der Waals surface area (Å²) < 4.78 is 13.3. The van der Waals surface area contributed by atoms with Crippen molar-refractivity contribution in [2.24, 2.45) is 23.2 Å². The van der Waals surface area contributed by atoms with E-state index in [4.69, 9.17) is 9.31 Å². The lowest BCUT2D eigenvalue weighted by Gasteiger charge is -2.64. The normalized spacial score (nSPS) is 25.3. The maximum atomic E-state index is 14.0. The van der Waals surface area contributed by atoms with Gasteiger partial charge in [0.25, 0.3) is 11.8 Å². The largest absolute Gasteiger partial charge is 0.481 e. The third kappa shape index (κ3) is 6.75. The van der Waals surface area contributed by atoms with Crippen molar-refractivity contribution in [2.75, 3.05) is 6.54 Å². The topological polar surface area (TPSA) is 119 Å². The van der Waals surface area contributed by atoms with Crippen LogP contribution in [0.25, 0.3) is 10.6 Å². The zero-order valence-electron chi connectivity index (χ0n) is 28.0. The highest BCUT2D eigenvalue weighted by molar-refractivity contribution is 7.13. The fourth-order valence-corrected chi connectivity index (χ4v) is 8.44. The minimum Gasteiger partial charge on any atom is -0.404 e. The molecule has 9 nitrogen and oxygen atoms in total. The molecule has 2 aromatic carbocycles. The van der Waals surface area contributed by atoms with Crippen molar-refractivity contribution in [3.8, 4) is 10.6 Å². The Hall–Kier alpha value is -3.54.